The molecular weight excluding hydrogens is 385 g/mol. The van der Waals surface area contributed by atoms with Crippen LogP contribution in [0.2, 0.25) is 5.02 Å². The van der Waals surface area contributed by atoms with Gasteiger partial charge in [0.25, 0.3) is 6.43 Å². The third-order valence-corrected chi connectivity index (χ3v) is 3.84. The Bertz CT molecular complexity index is 1020. The van der Waals surface area contributed by atoms with Gasteiger partial charge >= 0.3 is 12.1 Å². The third kappa shape index (κ3) is 3.07. The van der Waals surface area contributed by atoms with Crippen LogP contribution in [0.3, 0.4) is 0 Å². The molecule has 0 aliphatic carbocycles. The Morgan fingerprint density at radius 3 is 2.46 bits per heavy atom. The molecule has 1 aromatic carbocycles. The second-order valence-corrected chi connectivity index (χ2v) is 5.57. The second kappa shape index (κ2) is 6.20. The molecule has 0 bridgehead atoms. The quantitative estimate of drug-likeness (QED) is 0.657. The van der Waals surface area contributed by atoms with E-state index in [0.717, 1.165) is 24.4 Å². The van der Waals surface area contributed by atoms with Gasteiger partial charge in [-0.15, -0.1) is 0 Å². The van der Waals surface area contributed by atoms with E-state index in [1.165, 1.54) is 0 Å². The molecule has 0 unspecified atom stereocenters. The van der Waals surface area contributed by atoms with Gasteiger partial charge in [0.15, 0.2) is 5.65 Å². The first-order valence-electron chi connectivity index (χ1n) is 6.87. The molecule has 5 nitrogen and oxygen atoms in total. The maximum Gasteiger partial charge on any atom is 0.417 e. The van der Waals surface area contributed by atoms with Crippen LogP contribution >= 0.6 is 11.6 Å². The number of carboxylic acids is 1. The average molecular weight is 392 g/mol. The molecule has 1 N–H and O–H groups in total. The van der Waals surface area contributed by atoms with Crippen LogP contribution in [0.4, 0.5) is 22.0 Å². The molecule has 0 aliphatic heterocycles. The lowest BCUT2D eigenvalue weighted by molar-refractivity contribution is -0.137. The summed E-state index contributed by atoms with van der Waals surface area (Å²) in [6.07, 6.45) is -6.84. The van der Waals surface area contributed by atoms with Gasteiger partial charge < -0.3 is 5.11 Å². The maximum absolute atomic E-state index is 13.3. The van der Waals surface area contributed by atoms with Gasteiger partial charge in [-0.05, 0) is 18.2 Å². The number of rotatable bonds is 3. The number of aromatic carboxylic acids is 1. The zero-order chi connectivity index (χ0) is 19.2. The van der Waals surface area contributed by atoms with Gasteiger partial charge in [-0.1, -0.05) is 17.7 Å². The summed E-state index contributed by atoms with van der Waals surface area (Å²) >= 11 is 5.64. The fraction of sp³-hybridized carbons (Fsp3) is 0.133. The molecule has 11 heteroatoms. The van der Waals surface area contributed by atoms with Gasteiger partial charge in [0, 0.05) is 5.56 Å². The Morgan fingerprint density at radius 2 is 1.92 bits per heavy atom. The fourth-order valence-electron chi connectivity index (χ4n) is 2.34. The smallest absolute Gasteiger partial charge is 0.417 e. The van der Waals surface area contributed by atoms with E-state index in [1.807, 2.05) is 0 Å². The van der Waals surface area contributed by atoms with Crippen LogP contribution in [-0.4, -0.2) is 25.7 Å². The van der Waals surface area contributed by atoms with Crippen LogP contribution in [0.1, 0.15) is 28.0 Å². The molecule has 26 heavy (non-hydrogen) atoms. The molecule has 0 radical (unpaired) electrons. The highest BCUT2D eigenvalue weighted by Gasteiger charge is 2.33. The molecule has 3 rings (SSSR count). The fourth-order valence-corrected chi connectivity index (χ4v) is 2.63. The molecule has 2 aromatic heterocycles. The first-order valence-corrected chi connectivity index (χ1v) is 7.24. The van der Waals surface area contributed by atoms with Crippen molar-refractivity contribution < 1.29 is 31.9 Å². The van der Waals surface area contributed by atoms with E-state index in [-0.39, 0.29) is 16.9 Å². The summed E-state index contributed by atoms with van der Waals surface area (Å²) in [5.41, 5.74) is -2.67. The zero-order valence-electron chi connectivity index (χ0n) is 12.4. The SMILES string of the molecule is O=C(O)c1cnn2c(C(F)F)cc(-c3ccc(C(F)(F)F)c(Cl)c3)nc12. The Labute approximate surface area is 146 Å². The predicted molar refractivity (Wildman–Crippen MR) is 80.4 cm³/mol. The first-order chi connectivity index (χ1) is 12.1. The summed E-state index contributed by atoms with van der Waals surface area (Å²) in [5, 5.41) is 12.0. The number of fused-ring (bicyclic) bond motifs is 1. The van der Waals surface area contributed by atoms with Crippen molar-refractivity contribution in [3.05, 3.63) is 52.3 Å². The van der Waals surface area contributed by atoms with Crippen LogP contribution in [0.5, 0.6) is 0 Å². The minimum atomic E-state index is -4.68. The Hall–Kier alpha value is -2.75. The number of hydrogen-bond acceptors (Lipinski definition) is 3. The summed E-state index contributed by atoms with van der Waals surface area (Å²) < 4.78 is 65.6. The normalized spacial score (nSPS) is 12.1. The van der Waals surface area contributed by atoms with Crippen molar-refractivity contribution >= 4 is 23.2 Å². The highest BCUT2D eigenvalue weighted by molar-refractivity contribution is 6.31. The average Bonchev–Trinajstić information content (AvgIpc) is 2.96. The minimum Gasteiger partial charge on any atom is -0.477 e. The highest BCUT2D eigenvalue weighted by atomic mass is 35.5. The Kier molecular flexibility index (Phi) is 4.31. The highest BCUT2D eigenvalue weighted by Crippen LogP contribution is 2.37. The largest absolute Gasteiger partial charge is 0.477 e. The van der Waals surface area contributed by atoms with Gasteiger partial charge in [0.05, 0.1) is 22.5 Å². The standard InChI is InChI=1S/C15H7ClF5N3O2/c16-9-3-6(1-2-8(9)15(19,20)21)10-4-11(12(17)18)24-13(23-10)7(5-22-24)14(25)26/h1-5,12H,(H,25,26). The number of nitrogens with zero attached hydrogens (tertiary/aromatic N) is 3. The molecule has 0 atom stereocenters. The van der Waals surface area contributed by atoms with Crippen LogP contribution < -0.4 is 0 Å². The Balaban J connectivity index is 2.23. The van der Waals surface area contributed by atoms with Crippen molar-refractivity contribution in [3.8, 4) is 11.3 Å². The summed E-state index contributed by atoms with van der Waals surface area (Å²) in [6.45, 7) is 0. The second-order valence-electron chi connectivity index (χ2n) is 5.16. The molecule has 0 spiro atoms. The molecular formula is C15H7ClF5N3O2. The number of halogens is 6. The molecule has 0 saturated carbocycles. The molecule has 0 aliphatic rings. The summed E-state index contributed by atoms with van der Waals surface area (Å²) in [6, 6.07) is 3.55. The summed E-state index contributed by atoms with van der Waals surface area (Å²) in [4.78, 5) is 15.1. The summed E-state index contributed by atoms with van der Waals surface area (Å²) in [5.74, 6) is -1.43. The van der Waals surface area contributed by atoms with Gasteiger partial charge in [0.1, 0.15) is 11.3 Å². The third-order valence-electron chi connectivity index (χ3n) is 3.52. The van der Waals surface area contributed by atoms with E-state index in [9.17, 15) is 26.7 Å². The number of hydrogen-bond donors (Lipinski definition) is 1. The number of aromatic nitrogens is 3. The van der Waals surface area contributed by atoms with E-state index in [2.05, 4.69) is 10.1 Å². The van der Waals surface area contributed by atoms with Crippen molar-refractivity contribution in [1.82, 2.24) is 14.6 Å². The molecule has 0 saturated heterocycles. The van der Waals surface area contributed by atoms with Crippen molar-refractivity contribution in [2.45, 2.75) is 12.6 Å². The number of carbonyl (C=O) groups is 1. The lowest BCUT2D eigenvalue weighted by atomic mass is 10.1. The van der Waals surface area contributed by atoms with Gasteiger partial charge in [-0.2, -0.15) is 18.3 Å². The van der Waals surface area contributed by atoms with Gasteiger partial charge in [0.2, 0.25) is 0 Å². The van der Waals surface area contributed by atoms with E-state index in [1.54, 1.807) is 0 Å². The maximum atomic E-state index is 13.3. The monoisotopic (exact) mass is 391 g/mol. The van der Waals surface area contributed by atoms with E-state index in [0.29, 0.717) is 10.6 Å². The van der Waals surface area contributed by atoms with Crippen LogP contribution in [0.15, 0.2) is 30.5 Å². The van der Waals surface area contributed by atoms with Crippen LogP contribution in [0.25, 0.3) is 16.9 Å². The van der Waals surface area contributed by atoms with Crippen molar-refractivity contribution in [1.29, 1.82) is 0 Å². The lowest BCUT2D eigenvalue weighted by Crippen LogP contribution is -2.06. The first kappa shape index (κ1) is 18.1. The van der Waals surface area contributed by atoms with Crippen LogP contribution in [-0.2, 0) is 6.18 Å². The van der Waals surface area contributed by atoms with Crippen LogP contribution in [0, 0.1) is 0 Å². The van der Waals surface area contributed by atoms with Crippen molar-refractivity contribution in [3.63, 3.8) is 0 Å². The topological polar surface area (TPSA) is 67.5 Å². The minimum absolute atomic E-state index is 0.0185. The van der Waals surface area contributed by atoms with Gasteiger partial charge in [-0.3, -0.25) is 0 Å². The molecule has 136 valence electrons. The van der Waals surface area contributed by atoms with E-state index in [4.69, 9.17) is 16.7 Å². The molecule has 0 amide bonds. The number of carboxylic acid groups (broad SMARTS) is 1. The molecule has 0 fully saturated rings. The zero-order valence-corrected chi connectivity index (χ0v) is 13.2. The number of benzene rings is 1. The van der Waals surface area contributed by atoms with Crippen molar-refractivity contribution in [2.75, 3.05) is 0 Å². The lowest BCUT2D eigenvalue weighted by Gasteiger charge is -2.11. The van der Waals surface area contributed by atoms with Gasteiger partial charge in [-0.25, -0.2) is 23.1 Å². The number of alkyl halides is 5. The molecule has 3 aromatic rings. The van der Waals surface area contributed by atoms with E-state index >= 15 is 0 Å². The molecule has 2 heterocycles. The summed E-state index contributed by atoms with van der Waals surface area (Å²) in [7, 11) is 0. The van der Waals surface area contributed by atoms with Crippen molar-refractivity contribution in [2.24, 2.45) is 0 Å². The predicted octanol–water partition coefficient (Wildman–Crippen LogP) is 4.70. The van der Waals surface area contributed by atoms with E-state index < -0.39 is 40.4 Å². The Morgan fingerprint density at radius 1 is 1.23 bits per heavy atom.